The molecule has 2 saturated heterocycles. The number of likely N-dealkylation sites (tertiary alicyclic amines) is 2. The van der Waals surface area contributed by atoms with Crippen LogP contribution in [0.15, 0.2) is 72.8 Å². The van der Waals surface area contributed by atoms with Crippen LogP contribution in [-0.2, 0) is 0 Å². The zero-order chi connectivity index (χ0) is 25.9. The Hall–Kier alpha value is -3.22. The molecule has 1 N–H and O–H groups in total. The Labute approximate surface area is 222 Å². The normalized spacial score (nSPS) is 20.0. The number of rotatable bonds is 7. The molecule has 2 aliphatic heterocycles. The fourth-order valence-electron chi connectivity index (χ4n) is 5.56. The molecule has 2 fully saturated rings. The second-order valence-corrected chi connectivity index (χ2v) is 10.6. The van der Waals surface area contributed by atoms with E-state index in [1.165, 1.54) is 12.1 Å². The third-order valence-electron chi connectivity index (χ3n) is 7.58. The molecule has 3 aromatic rings. The Kier molecular flexibility index (Phi) is 7.58. The Morgan fingerprint density at radius 3 is 2.27 bits per heavy atom. The highest BCUT2D eigenvalue weighted by molar-refractivity contribution is 6.33. The Balaban J connectivity index is 1.19. The minimum atomic E-state index is -0.573. The van der Waals surface area contributed by atoms with Crippen molar-refractivity contribution in [1.29, 1.82) is 0 Å². The van der Waals surface area contributed by atoms with Gasteiger partial charge >= 0.3 is 0 Å². The SMILES string of the molecule is Cc1ccc(C(=O)NC(CCN2CC3CN(C(=O)c4c(F)cccc4Cl)CC3C2)c2ccccc2)cc1. The summed E-state index contributed by atoms with van der Waals surface area (Å²) in [5.74, 6) is -0.269. The minimum absolute atomic E-state index is 0.0315. The zero-order valence-corrected chi connectivity index (χ0v) is 21.6. The van der Waals surface area contributed by atoms with E-state index in [0.29, 0.717) is 30.5 Å². The predicted octanol–water partition coefficient (Wildman–Crippen LogP) is 5.35. The number of nitrogens with one attached hydrogen (secondary N) is 1. The summed E-state index contributed by atoms with van der Waals surface area (Å²) in [6, 6.07) is 21.9. The zero-order valence-electron chi connectivity index (χ0n) is 20.9. The third kappa shape index (κ3) is 5.71. The van der Waals surface area contributed by atoms with E-state index in [2.05, 4.69) is 22.3 Å². The van der Waals surface area contributed by atoms with Gasteiger partial charge in [-0.25, -0.2) is 4.39 Å². The van der Waals surface area contributed by atoms with Gasteiger partial charge in [0.1, 0.15) is 5.82 Å². The van der Waals surface area contributed by atoms with Crippen LogP contribution in [0.2, 0.25) is 5.02 Å². The molecule has 2 amide bonds. The van der Waals surface area contributed by atoms with Gasteiger partial charge in [0.05, 0.1) is 16.6 Å². The van der Waals surface area contributed by atoms with Gasteiger partial charge in [-0.1, -0.05) is 65.7 Å². The van der Waals surface area contributed by atoms with Crippen LogP contribution < -0.4 is 5.32 Å². The average molecular weight is 520 g/mol. The third-order valence-corrected chi connectivity index (χ3v) is 7.90. The van der Waals surface area contributed by atoms with Crippen molar-refractivity contribution in [1.82, 2.24) is 15.1 Å². The summed E-state index contributed by atoms with van der Waals surface area (Å²) in [6.07, 6.45) is 0.786. The van der Waals surface area contributed by atoms with Gasteiger partial charge in [0.15, 0.2) is 0 Å². The predicted molar refractivity (Wildman–Crippen MR) is 143 cm³/mol. The summed E-state index contributed by atoms with van der Waals surface area (Å²) in [7, 11) is 0. The molecule has 7 heteroatoms. The number of halogens is 2. The molecule has 0 radical (unpaired) electrons. The van der Waals surface area contributed by atoms with E-state index in [1.807, 2.05) is 49.4 Å². The molecule has 2 heterocycles. The van der Waals surface area contributed by atoms with E-state index < -0.39 is 5.82 Å². The number of benzene rings is 3. The molecule has 3 aromatic carbocycles. The molecule has 0 aromatic heterocycles. The van der Waals surface area contributed by atoms with Gasteiger partial charge in [0.2, 0.25) is 0 Å². The molecular weight excluding hydrogens is 489 g/mol. The number of amides is 2. The lowest BCUT2D eigenvalue weighted by Crippen LogP contribution is -2.35. The van der Waals surface area contributed by atoms with E-state index >= 15 is 0 Å². The summed E-state index contributed by atoms with van der Waals surface area (Å²) < 4.78 is 14.3. The summed E-state index contributed by atoms with van der Waals surface area (Å²) in [4.78, 5) is 30.1. The fourth-order valence-corrected chi connectivity index (χ4v) is 5.81. The van der Waals surface area contributed by atoms with E-state index in [0.717, 1.165) is 37.2 Å². The summed E-state index contributed by atoms with van der Waals surface area (Å²) in [5, 5.41) is 3.38. The smallest absolute Gasteiger partial charge is 0.258 e. The van der Waals surface area contributed by atoms with Gasteiger partial charge in [-0.15, -0.1) is 0 Å². The van der Waals surface area contributed by atoms with Crippen molar-refractivity contribution in [3.63, 3.8) is 0 Å². The number of hydrogen-bond donors (Lipinski definition) is 1. The van der Waals surface area contributed by atoms with Gasteiger partial charge < -0.3 is 15.1 Å². The van der Waals surface area contributed by atoms with Crippen molar-refractivity contribution in [2.75, 3.05) is 32.7 Å². The van der Waals surface area contributed by atoms with Gasteiger partial charge in [0, 0.05) is 38.3 Å². The summed E-state index contributed by atoms with van der Waals surface area (Å²) in [6.45, 7) is 5.82. The number of carbonyl (C=O) groups is 2. The Bertz CT molecular complexity index is 1230. The van der Waals surface area contributed by atoms with E-state index in [9.17, 15) is 14.0 Å². The van der Waals surface area contributed by atoms with Crippen molar-refractivity contribution in [2.45, 2.75) is 19.4 Å². The molecule has 0 spiro atoms. The molecule has 192 valence electrons. The van der Waals surface area contributed by atoms with Crippen LogP contribution in [0.3, 0.4) is 0 Å². The maximum atomic E-state index is 14.3. The van der Waals surface area contributed by atoms with Crippen molar-refractivity contribution in [2.24, 2.45) is 11.8 Å². The largest absolute Gasteiger partial charge is 0.345 e. The maximum Gasteiger partial charge on any atom is 0.258 e. The van der Waals surface area contributed by atoms with Crippen LogP contribution in [0.4, 0.5) is 4.39 Å². The molecule has 5 rings (SSSR count). The lowest BCUT2D eigenvalue weighted by atomic mass is 10.0. The maximum absolute atomic E-state index is 14.3. The number of hydrogen-bond acceptors (Lipinski definition) is 3. The van der Waals surface area contributed by atoms with Crippen molar-refractivity contribution in [3.8, 4) is 0 Å². The van der Waals surface area contributed by atoms with Crippen molar-refractivity contribution >= 4 is 23.4 Å². The highest BCUT2D eigenvalue weighted by Gasteiger charge is 2.42. The van der Waals surface area contributed by atoms with Crippen molar-refractivity contribution < 1.29 is 14.0 Å². The second-order valence-electron chi connectivity index (χ2n) is 10.2. The first-order valence-corrected chi connectivity index (χ1v) is 13.1. The quantitative estimate of drug-likeness (QED) is 0.457. The molecule has 0 bridgehead atoms. The molecule has 3 unspecified atom stereocenters. The average Bonchev–Trinajstić information content (AvgIpc) is 3.46. The lowest BCUT2D eigenvalue weighted by Gasteiger charge is -2.25. The van der Waals surface area contributed by atoms with Crippen LogP contribution in [0.1, 0.15) is 44.3 Å². The highest BCUT2D eigenvalue weighted by Crippen LogP contribution is 2.33. The molecule has 0 saturated carbocycles. The first-order valence-electron chi connectivity index (χ1n) is 12.8. The standard InChI is InChI=1S/C30H31ClFN3O2/c1-20-10-12-22(13-11-20)29(36)33-27(21-6-3-2-4-7-21)14-15-34-16-23-18-35(19-24(23)17-34)30(37)28-25(31)8-5-9-26(28)32/h2-13,23-24,27H,14-19H2,1H3,(H,33,36). The van der Waals surface area contributed by atoms with E-state index in [-0.39, 0.29) is 28.4 Å². The van der Waals surface area contributed by atoms with Crippen LogP contribution in [0.5, 0.6) is 0 Å². The lowest BCUT2D eigenvalue weighted by molar-refractivity contribution is 0.0769. The summed E-state index contributed by atoms with van der Waals surface area (Å²) in [5.41, 5.74) is 2.83. The van der Waals surface area contributed by atoms with E-state index in [1.54, 1.807) is 11.0 Å². The van der Waals surface area contributed by atoms with Gasteiger partial charge in [-0.2, -0.15) is 0 Å². The van der Waals surface area contributed by atoms with Gasteiger partial charge in [0.25, 0.3) is 11.8 Å². The summed E-state index contributed by atoms with van der Waals surface area (Å²) >= 11 is 6.12. The topological polar surface area (TPSA) is 52.7 Å². The molecular formula is C30H31ClFN3O2. The van der Waals surface area contributed by atoms with Crippen LogP contribution in [0, 0.1) is 24.6 Å². The first kappa shape index (κ1) is 25.4. The van der Waals surface area contributed by atoms with Crippen LogP contribution in [0.25, 0.3) is 0 Å². The van der Waals surface area contributed by atoms with Crippen molar-refractivity contribution in [3.05, 3.63) is 106 Å². The molecule has 2 aliphatic rings. The van der Waals surface area contributed by atoms with Gasteiger partial charge in [-0.3, -0.25) is 9.59 Å². The highest BCUT2D eigenvalue weighted by atomic mass is 35.5. The molecule has 5 nitrogen and oxygen atoms in total. The monoisotopic (exact) mass is 519 g/mol. The fraction of sp³-hybridized carbons (Fsp3) is 0.333. The molecule has 37 heavy (non-hydrogen) atoms. The van der Waals surface area contributed by atoms with Crippen LogP contribution in [-0.4, -0.2) is 54.3 Å². The Morgan fingerprint density at radius 2 is 1.62 bits per heavy atom. The number of aryl methyl sites for hydroxylation is 1. The Morgan fingerprint density at radius 1 is 0.946 bits per heavy atom. The first-order chi connectivity index (χ1) is 17.9. The number of carbonyl (C=O) groups excluding carboxylic acids is 2. The number of fused-ring (bicyclic) bond motifs is 1. The van der Waals surface area contributed by atoms with E-state index in [4.69, 9.17) is 11.6 Å². The minimum Gasteiger partial charge on any atom is -0.345 e. The second kappa shape index (κ2) is 11.0. The molecule has 0 aliphatic carbocycles. The number of nitrogens with zero attached hydrogens (tertiary/aromatic N) is 2. The molecule has 3 atom stereocenters. The van der Waals surface area contributed by atoms with Gasteiger partial charge in [-0.05, 0) is 55.0 Å². The van der Waals surface area contributed by atoms with Crippen LogP contribution >= 0.6 is 11.6 Å².